The van der Waals surface area contributed by atoms with Gasteiger partial charge in [-0.2, -0.15) is 0 Å². The van der Waals surface area contributed by atoms with Gasteiger partial charge in [0, 0.05) is 6.07 Å². The molecule has 5 heteroatoms. The minimum absolute atomic E-state index is 0.0316. The number of nitrogens with two attached hydrogens (primary N) is 2. The Bertz CT molecular complexity index is 355. The number of hydrogen-bond donors (Lipinski definition) is 2. The second-order valence-electron chi connectivity index (χ2n) is 2.85. The fourth-order valence-corrected chi connectivity index (χ4v) is 0.843. The average molecular weight is 198 g/mol. The lowest BCUT2D eigenvalue weighted by molar-refractivity contribution is -0.123. The number of carbonyl (C=O) groups excluding carboxylic acids is 1. The van der Waals surface area contributed by atoms with E-state index in [9.17, 15) is 9.18 Å². The van der Waals surface area contributed by atoms with Crippen LogP contribution >= 0.6 is 0 Å². The molecular formula is C9H11FN2O2. The first-order valence-corrected chi connectivity index (χ1v) is 4.01. The van der Waals surface area contributed by atoms with Crippen LogP contribution < -0.4 is 16.2 Å². The van der Waals surface area contributed by atoms with Gasteiger partial charge in [0.2, 0.25) is 0 Å². The molecule has 0 fully saturated rings. The van der Waals surface area contributed by atoms with Gasteiger partial charge in [0.25, 0.3) is 5.91 Å². The molecule has 0 aromatic heterocycles. The molecule has 4 N–H and O–H groups in total. The molecule has 0 aliphatic carbocycles. The number of halogens is 1. The van der Waals surface area contributed by atoms with E-state index in [2.05, 4.69) is 0 Å². The molecular weight excluding hydrogens is 187 g/mol. The van der Waals surface area contributed by atoms with Gasteiger partial charge in [-0.1, -0.05) is 0 Å². The fourth-order valence-electron chi connectivity index (χ4n) is 0.843. The standard InChI is InChI=1S/C9H11FN2O2/c1-5(9(12)13)14-6-2-3-8(11)7(10)4-6/h2-5H,11H2,1H3,(H2,12,13)/t5-/m0/s1. The van der Waals surface area contributed by atoms with E-state index in [1.54, 1.807) is 0 Å². The number of rotatable bonds is 3. The van der Waals surface area contributed by atoms with Gasteiger partial charge in [-0.05, 0) is 19.1 Å². The van der Waals surface area contributed by atoms with Crippen LogP contribution in [0.2, 0.25) is 0 Å². The van der Waals surface area contributed by atoms with Crippen molar-refractivity contribution in [3.63, 3.8) is 0 Å². The van der Waals surface area contributed by atoms with Gasteiger partial charge < -0.3 is 16.2 Å². The number of hydrogen-bond acceptors (Lipinski definition) is 3. The van der Waals surface area contributed by atoms with Gasteiger partial charge in [-0.15, -0.1) is 0 Å². The Labute approximate surface area is 80.6 Å². The molecule has 14 heavy (non-hydrogen) atoms. The third-order valence-electron chi connectivity index (χ3n) is 1.69. The van der Waals surface area contributed by atoms with E-state index >= 15 is 0 Å². The Morgan fingerprint density at radius 1 is 1.57 bits per heavy atom. The molecule has 0 aliphatic heterocycles. The van der Waals surface area contributed by atoms with Gasteiger partial charge in [0.05, 0.1) is 5.69 Å². The zero-order valence-corrected chi connectivity index (χ0v) is 7.66. The second kappa shape index (κ2) is 3.95. The summed E-state index contributed by atoms with van der Waals surface area (Å²) in [4.78, 5) is 10.6. The Balaban J connectivity index is 2.78. The van der Waals surface area contributed by atoms with Gasteiger partial charge in [-0.3, -0.25) is 4.79 Å². The topological polar surface area (TPSA) is 78.3 Å². The van der Waals surface area contributed by atoms with E-state index in [1.807, 2.05) is 0 Å². The quantitative estimate of drug-likeness (QED) is 0.700. The molecule has 1 rings (SSSR count). The predicted octanol–water partition coefficient (Wildman–Crippen LogP) is 0.661. The number of nitrogen functional groups attached to an aromatic ring is 1. The van der Waals surface area contributed by atoms with Crippen LogP contribution in [-0.2, 0) is 4.79 Å². The number of carbonyl (C=O) groups is 1. The third-order valence-corrected chi connectivity index (χ3v) is 1.69. The van der Waals surface area contributed by atoms with Crippen LogP contribution in [0.1, 0.15) is 6.92 Å². The normalized spacial score (nSPS) is 12.1. The molecule has 76 valence electrons. The largest absolute Gasteiger partial charge is 0.481 e. The number of benzene rings is 1. The first kappa shape index (κ1) is 10.3. The van der Waals surface area contributed by atoms with Crippen LogP contribution in [-0.4, -0.2) is 12.0 Å². The Hall–Kier alpha value is -1.78. The first-order chi connectivity index (χ1) is 6.50. The molecule has 1 atom stereocenters. The predicted molar refractivity (Wildman–Crippen MR) is 50.1 cm³/mol. The second-order valence-corrected chi connectivity index (χ2v) is 2.85. The lowest BCUT2D eigenvalue weighted by Gasteiger charge is -2.11. The van der Waals surface area contributed by atoms with E-state index in [1.165, 1.54) is 19.1 Å². The van der Waals surface area contributed by atoms with Crippen molar-refractivity contribution < 1.29 is 13.9 Å². The zero-order chi connectivity index (χ0) is 10.7. The Morgan fingerprint density at radius 3 is 2.71 bits per heavy atom. The van der Waals surface area contributed by atoms with Crippen molar-refractivity contribution in [2.75, 3.05) is 5.73 Å². The van der Waals surface area contributed by atoms with Crippen LogP contribution in [0.15, 0.2) is 18.2 Å². The van der Waals surface area contributed by atoms with E-state index in [0.717, 1.165) is 6.07 Å². The third kappa shape index (κ3) is 2.35. The molecule has 0 saturated carbocycles. The molecule has 0 saturated heterocycles. The van der Waals surface area contributed by atoms with Gasteiger partial charge in [0.15, 0.2) is 6.10 Å². The highest BCUT2D eigenvalue weighted by molar-refractivity contribution is 5.78. The highest BCUT2D eigenvalue weighted by atomic mass is 19.1. The zero-order valence-electron chi connectivity index (χ0n) is 7.66. The molecule has 0 heterocycles. The minimum atomic E-state index is -0.793. The molecule has 0 spiro atoms. The van der Waals surface area contributed by atoms with Crippen LogP contribution in [0.3, 0.4) is 0 Å². The Kier molecular flexibility index (Phi) is 2.91. The highest BCUT2D eigenvalue weighted by Gasteiger charge is 2.10. The van der Waals surface area contributed by atoms with E-state index in [0.29, 0.717) is 0 Å². The molecule has 0 bridgehead atoms. The van der Waals surface area contributed by atoms with Crippen molar-refractivity contribution in [2.45, 2.75) is 13.0 Å². The lowest BCUT2D eigenvalue weighted by Crippen LogP contribution is -2.30. The van der Waals surface area contributed by atoms with Crippen LogP contribution in [0.5, 0.6) is 5.75 Å². The highest BCUT2D eigenvalue weighted by Crippen LogP contribution is 2.18. The lowest BCUT2D eigenvalue weighted by atomic mass is 10.3. The van der Waals surface area contributed by atoms with E-state index in [4.69, 9.17) is 16.2 Å². The summed E-state index contributed by atoms with van der Waals surface area (Å²) in [5, 5.41) is 0. The van der Waals surface area contributed by atoms with Crippen molar-refractivity contribution in [1.82, 2.24) is 0 Å². The average Bonchev–Trinajstić information content (AvgIpc) is 2.11. The summed E-state index contributed by atoms with van der Waals surface area (Å²) < 4.78 is 18.0. The van der Waals surface area contributed by atoms with Gasteiger partial charge in [0.1, 0.15) is 11.6 Å². The fraction of sp³-hybridized carbons (Fsp3) is 0.222. The summed E-state index contributed by atoms with van der Waals surface area (Å²) in [7, 11) is 0. The number of amides is 1. The van der Waals surface area contributed by atoms with Gasteiger partial charge in [-0.25, -0.2) is 4.39 Å². The maximum atomic E-state index is 12.9. The number of anilines is 1. The first-order valence-electron chi connectivity index (χ1n) is 4.01. The molecule has 1 amide bonds. The smallest absolute Gasteiger partial charge is 0.258 e. The Morgan fingerprint density at radius 2 is 2.21 bits per heavy atom. The summed E-state index contributed by atoms with van der Waals surface area (Å²) in [6.07, 6.45) is -0.793. The van der Waals surface area contributed by atoms with Crippen molar-refractivity contribution in [3.05, 3.63) is 24.0 Å². The van der Waals surface area contributed by atoms with Crippen molar-refractivity contribution in [1.29, 1.82) is 0 Å². The molecule has 4 nitrogen and oxygen atoms in total. The van der Waals surface area contributed by atoms with Crippen molar-refractivity contribution >= 4 is 11.6 Å². The van der Waals surface area contributed by atoms with Crippen molar-refractivity contribution in [2.24, 2.45) is 5.73 Å². The monoisotopic (exact) mass is 198 g/mol. The molecule has 0 unspecified atom stereocenters. The van der Waals surface area contributed by atoms with Gasteiger partial charge >= 0.3 is 0 Å². The molecule has 1 aromatic rings. The minimum Gasteiger partial charge on any atom is -0.481 e. The van der Waals surface area contributed by atoms with Crippen molar-refractivity contribution in [3.8, 4) is 5.75 Å². The summed E-state index contributed by atoms with van der Waals surface area (Å²) in [5.74, 6) is -0.968. The molecule has 1 aromatic carbocycles. The SMILES string of the molecule is C[C@H](Oc1ccc(N)c(F)c1)C(N)=O. The molecule has 0 radical (unpaired) electrons. The van der Waals surface area contributed by atoms with E-state index in [-0.39, 0.29) is 11.4 Å². The number of ether oxygens (including phenoxy) is 1. The maximum absolute atomic E-state index is 12.9. The van der Waals surface area contributed by atoms with Crippen LogP contribution in [0.4, 0.5) is 10.1 Å². The molecule has 0 aliphatic rings. The van der Waals surface area contributed by atoms with E-state index < -0.39 is 17.8 Å². The number of primary amides is 1. The summed E-state index contributed by atoms with van der Waals surface area (Å²) in [6, 6.07) is 3.94. The summed E-state index contributed by atoms with van der Waals surface area (Å²) >= 11 is 0. The van der Waals surface area contributed by atoms with Crippen LogP contribution in [0, 0.1) is 5.82 Å². The van der Waals surface area contributed by atoms with Crippen LogP contribution in [0.25, 0.3) is 0 Å². The summed E-state index contributed by atoms with van der Waals surface area (Å²) in [6.45, 7) is 1.48. The summed E-state index contributed by atoms with van der Waals surface area (Å²) in [5.41, 5.74) is 10.3. The maximum Gasteiger partial charge on any atom is 0.258 e.